The Morgan fingerprint density at radius 3 is 1.40 bits per heavy atom. The fraction of sp³-hybridized carbons (Fsp3) is 0.778. The quantitative estimate of drug-likeness (QED) is 0.491. The molecule has 0 amide bonds. The van der Waals surface area contributed by atoms with Crippen molar-refractivity contribution < 1.29 is 19.1 Å². The van der Waals surface area contributed by atoms with E-state index in [0.717, 1.165) is 32.1 Å². The highest BCUT2D eigenvalue weighted by Gasteiger charge is 1.97. The Bertz CT molecular complexity index is 177. The molecule has 0 N–H and O–H groups in total. The van der Waals surface area contributed by atoms with E-state index in [1.54, 1.807) is 0 Å². The van der Waals surface area contributed by atoms with Gasteiger partial charge in [-0.15, -0.1) is 0 Å². The highest BCUT2D eigenvalue weighted by molar-refractivity contribution is 6.61. The average molecular weight is 257 g/mol. The standard InChI is InChI=1S/C9H14Cl2O4/c10-8(12)14-6-4-2-1-3-5-7-15-9(11)13/h1-7H2. The molecule has 0 radical (unpaired) electrons. The summed E-state index contributed by atoms with van der Waals surface area (Å²) in [5.74, 6) is 0. The van der Waals surface area contributed by atoms with E-state index in [9.17, 15) is 9.59 Å². The van der Waals surface area contributed by atoms with Crippen molar-refractivity contribution in [1.82, 2.24) is 0 Å². The summed E-state index contributed by atoms with van der Waals surface area (Å²) in [6, 6.07) is 0. The van der Waals surface area contributed by atoms with Gasteiger partial charge in [-0.2, -0.15) is 0 Å². The molecule has 0 aliphatic heterocycles. The van der Waals surface area contributed by atoms with Crippen LogP contribution in [0.25, 0.3) is 0 Å². The van der Waals surface area contributed by atoms with Crippen molar-refractivity contribution >= 4 is 34.1 Å². The summed E-state index contributed by atoms with van der Waals surface area (Å²) in [6.07, 6.45) is 4.51. The van der Waals surface area contributed by atoms with Crippen LogP contribution < -0.4 is 0 Å². The number of carbonyl (C=O) groups is 2. The van der Waals surface area contributed by atoms with Crippen LogP contribution in [0, 0.1) is 0 Å². The van der Waals surface area contributed by atoms with Gasteiger partial charge in [-0.25, -0.2) is 9.59 Å². The van der Waals surface area contributed by atoms with Crippen molar-refractivity contribution in [2.24, 2.45) is 0 Å². The first-order valence-electron chi connectivity index (χ1n) is 4.77. The van der Waals surface area contributed by atoms with E-state index >= 15 is 0 Å². The zero-order chi connectivity index (χ0) is 11.5. The fourth-order valence-electron chi connectivity index (χ4n) is 1.04. The summed E-state index contributed by atoms with van der Waals surface area (Å²) >= 11 is 9.93. The molecule has 0 aromatic carbocycles. The number of halogens is 2. The van der Waals surface area contributed by atoms with Crippen LogP contribution in [-0.4, -0.2) is 24.1 Å². The van der Waals surface area contributed by atoms with E-state index < -0.39 is 10.9 Å². The molecule has 0 bridgehead atoms. The molecule has 0 spiro atoms. The van der Waals surface area contributed by atoms with Gasteiger partial charge in [-0.3, -0.25) is 0 Å². The lowest BCUT2D eigenvalue weighted by molar-refractivity contribution is 0.168. The molecular formula is C9H14Cl2O4. The van der Waals surface area contributed by atoms with E-state index in [0.29, 0.717) is 13.2 Å². The monoisotopic (exact) mass is 256 g/mol. The predicted octanol–water partition coefficient (Wildman–Crippen LogP) is 3.69. The van der Waals surface area contributed by atoms with Crippen molar-refractivity contribution in [1.29, 1.82) is 0 Å². The van der Waals surface area contributed by atoms with Crippen LogP contribution in [0.4, 0.5) is 9.59 Å². The van der Waals surface area contributed by atoms with Crippen molar-refractivity contribution in [3.63, 3.8) is 0 Å². The smallest absolute Gasteiger partial charge is 0.403 e. The molecule has 0 heterocycles. The van der Waals surface area contributed by atoms with Gasteiger partial charge in [0.25, 0.3) is 0 Å². The van der Waals surface area contributed by atoms with E-state index in [2.05, 4.69) is 9.47 Å². The Balaban J connectivity index is 2.99. The molecular weight excluding hydrogens is 243 g/mol. The first-order valence-corrected chi connectivity index (χ1v) is 5.53. The SMILES string of the molecule is O=C(Cl)OCCCCCCCOC(=O)Cl. The molecule has 0 aromatic rings. The van der Waals surface area contributed by atoms with Crippen molar-refractivity contribution in [3.8, 4) is 0 Å². The van der Waals surface area contributed by atoms with Crippen molar-refractivity contribution in [2.45, 2.75) is 32.1 Å². The summed E-state index contributed by atoms with van der Waals surface area (Å²) in [5, 5.41) is 0. The number of hydrogen-bond acceptors (Lipinski definition) is 4. The lowest BCUT2D eigenvalue weighted by Gasteiger charge is -2.02. The minimum absolute atomic E-state index is 0.360. The van der Waals surface area contributed by atoms with Gasteiger partial charge in [-0.05, 0) is 12.8 Å². The minimum atomic E-state index is -0.760. The molecule has 88 valence electrons. The molecule has 4 nitrogen and oxygen atoms in total. The third-order valence-corrected chi connectivity index (χ3v) is 1.94. The summed E-state index contributed by atoms with van der Waals surface area (Å²) in [6.45, 7) is 0.720. The maximum Gasteiger partial charge on any atom is 0.403 e. The zero-order valence-corrected chi connectivity index (χ0v) is 9.85. The molecule has 0 unspecified atom stereocenters. The van der Waals surface area contributed by atoms with Gasteiger partial charge in [0.2, 0.25) is 0 Å². The van der Waals surface area contributed by atoms with E-state index in [1.165, 1.54) is 0 Å². The third-order valence-electron chi connectivity index (χ3n) is 1.72. The van der Waals surface area contributed by atoms with Crippen LogP contribution in [0.15, 0.2) is 0 Å². The lowest BCUT2D eigenvalue weighted by atomic mass is 10.1. The first-order chi connectivity index (χ1) is 7.13. The summed E-state index contributed by atoms with van der Waals surface area (Å²) in [5.41, 5.74) is -1.52. The van der Waals surface area contributed by atoms with Gasteiger partial charge in [0.15, 0.2) is 0 Å². The Hall–Kier alpha value is -0.480. The third kappa shape index (κ3) is 13.5. The van der Waals surface area contributed by atoms with E-state index in [4.69, 9.17) is 23.2 Å². The largest absolute Gasteiger partial charge is 0.454 e. The highest BCUT2D eigenvalue weighted by atomic mass is 35.5. The highest BCUT2D eigenvalue weighted by Crippen LogP contribution is 2.04. The van der Waals surface area contributed by atoms with Gasteiger partial charge in [-0.1, -0.05) is 19.3 Å². The normalized spacial score (nSPS) is 9.73. The second-order valence-corrected chi connectivity index (χ2v) is 3.56. The molecule has 0 fully saturated rings. The molecule has 0 aromatic heterocycles. The maximum absolute atomic E-state index is 10.2. The van der Waals surface area contributed by atoms with E-state index in [-0.39, 0.29) is 0 Å². The number of unbranched alkanes of at least 4 members (excludes halogenated alkanes) is 4. The second-order valence-electron chi connectivity index (χ2n) is 2.94. The van der Waals surface area contributed by atoms with Crippen LogP contribution >= 0.6 is 23.2 Å². The summed E-state index contributed by atoms with van der Waals surface area (Å²) in [7, 11) is 0. The van der Waals surface area contributed by atoms with Crippen molar-refractivity contribution in [3.05, 3.63) is 0 Å². The van der Waals surface area contributed by atoms with Crippen LogP contribution in [0.1, 0.15) is 32.1 Å². The predicted molar refractivity (Wildman–Crippen MR) is 57.5 cm³/mol. The average Bonchev–Trinajstić information content (AvgIpc) is 2.14. The van der Waals surface area contributed by atoms with Gasteiger partial charge in [0.05, 0.1) is 13.2 Å². The van der Waals surface area contributed by atoms with Gasteiger partial charge < -0.3 is 9.47 Å². The zero-order valence-electron chi connectivity index (χ0n) is 8.34. The molecule has 6 heteroatoms. The topological polar surface area (TPSA) is 52.6 Å². The van der Waals surface area contributed by atoms with Gasteiger partial charge >= 0.3 is 10.9 Å². The maximum atomic E-state index is 10.2. The number of rotatable bonds is 8. The van der Waals surface area contributed by atoms with Crippen LogP contribution in [-0.2, 0) is 9.47 Å². The van der Waals surface area contributed by atoms with Crippen LogP contribution in [0.5, 0.6) is 0 Å². The molecule has 0 saturated heterocycles. The van der Waals surface area contributed by atoms with Crippen LogP contribution in [0.2, 0.25) is 0 Å². The summed E-state index contributed by atoms with van der Waals surface area (Å²) in [4.78, 5) is 20.3. The minimum Gasteiger partial charge on any atom is -0.454 e. The number of carbonyl (C=O) groups excluding carboxylic acids is 2. The molecule has 0 rings (SSSR count). The Morgan fingerprint density at radius 1 is 0.733 bits per heavy atom. The number of ether oxygens (including phenoxy) is 2. The Kier molecular flexibility index (Phi) is 9.73. The number of hydrogen-bond donors (Lipinski definition) is 0. The molecule has 0 saturated carbocycles. The molecule has 0 aliphatic rings. The Morgan fingerprint density at radius 2 is 1.07 bits per heavy atom. The van der Waals surface area contributed by atoms with Crippen LogP contribution in [0.3, 0.4) is 0 Å². The van der Waals surface area contributed by atoms with E-state index in [1.807, 2.05) is 0 Å². The molecule has 0 aliphatic carbocycles. The molecule has 15 heavy (non-hydrogen) atoms. The fourth-order valence-corrected chi connectivity index (χ4v) is 1.19. The lowest BCUT2D eigenvalue weighted by Crippen LogP contribution is -1.98. The first kappa shape index (κ1) is 14.5. The summed E-state index contributed by atoms with van der Waals surface area (Å²) < 4.78 is 9.08. The van der Waals surface area contributed by atoms with Crippen molar-refractivity contribution in [2.75, 3.05) is 13.2 Å². The Labute approximate surface area is 98.8 Å². The van der Waals surface area contributed by atoms with Gasteiger partial charge in [0.1, 0.15) is 0 Å². The molecule has 0 atom stereocenters. The van der Waals surface area contributed by atoms with Gasteiger partial charge in [0, 0.05) is 23.2 Å². The second kappa shape index (κ2) is 10.1.